The summed E-state index contributed by atoms with van der Waals surface area (Å²) in [6.45, 7) is 5.37. The van der Waals surface area contributed by atoms with Gasteiger partial charge in [0, 0.05) is 45.3 Å². The van der Waals surface area contributed by atoms with E-state index in [1.165, 1.54) is 4.31 Å². The molecule has 0 radical (unpaired) electrons. The van der Waals surface area contributed by atoms with Crippen molar-refractivity contribution in [2.75, 3.05) is 32.1 Å². The molecule has 2 aromatic rings. The normalized spacial score (nSPS) is 15.8. The van der Waals surface area contributed by atoms with Crippen LogP contribution in [0.5, 0.6) is 0 Å². The molecule has 1 N–H and O–H groups in total. The Morgan fingerprint density at radius 2 is 1.61 bits per heavy atom. The van der Waals surface area contributed by atoms with Crippen molar-refractivity contribution in [2.24, 2.45) is 5.92 Å². The maximum Gasteiger partial charge on any atom is 0.243 e. The van der Waals surface area contributed by atoms with Crippen LogP contribution in [0.1, 0.15) is 43.7 Å². The highest BCUT2D eigenvalue weighted by atomic mass is 32.2. The Bertz CT molecular complexity index is 976. The lowest BCUT2D eigenvalue weighted by molar-refractivity contribution is -0.126. The summed E-state index contributed by atoms with van der Waals surface area (Å²) < 4.78 is 27.4. The maximum absolute atomic E-state index is 13.0. The minimum atomic E-state index is -3.52. The van der Waals surface area contributed by atoms with Crippen LogP contribution in [0.15, 0.2) is 53.4 Å². The van der Waals surface area contributed by atoms with Gasteiger partial charge in [-0.3, -0.25) is 4.79 Å². The number of nitrogens with zero attached hydrogens (tertiary/aromatic N) is 2. The molecule has 0 aliphatic carbocycles. The number of carbonyl (C=O) groups excluding carboxylic acids is 1. The lowest BCUT2D eigenvalue weighted by Crippen LogP contribution is -2.42. The Balaban J connectivity index is 1.52. The third kappa shape index (κ3) is 5.66. The minimum absolute atomic E-state index is 0.00461. The molecule has 0 unspecified atom stereocenters. The molecular weight excluding hydrogens is 410 g/mol. The molecule has 0 aromatic heterocycles. The number of hydrogen-bond acceptors (Lipinski definition) is 4. The van der Waals surface area contributed by atoms with E-state index >= 15 is 0 Å². The molecule has 1 aliphatic rings. The fourth-order valence-corrected chi connectivity index (χ4v) is 5.25. The summed E-state index contributed by atoms with van der Waals surface area (Å²) in [5, 5.41) is 3.00. The Morgan fingerprint density at radius 1 is 1.03 bits per heavy atom. The molecule has 7 heteroatoms. The Morgan fingerprint density at radius 3 is 2.13 bits per heavy atom. The van der Waals surface area contributed by atoms with Gasteiger partial charge >= 0.3 is 0 Å². The number of nitrogens with one attached hydrogen (secondary N) is 1. The Hall–Kier alpha value is -2.38. The van der Waals surface area contributed by atoms with Crippen LogP contribution in [-0.2, 0) is 21.4 Å². The van der Waals surface area contributed by atoms with Gasteiger partial charge in [-0.25, -0.2) is 8.42 Å². The van der Waals surface area contributed by atoms with Crippen LogP contribution in [0.3, 0.4) is 0 Å². The van der Waals surface area contributed by atoms with Gasteiger partial charge in [0.15, 0.2) is 0 Å². The number of carbonyl (C=O) groups is 1. The molecule has 0 bridgehead atoms. The van der Waals surface area contributed by atoms with Crippen molar-refractivity contribution in [3.63, 3.8) is 0 Å². The predicted molar refractivity (Wildman–Crippen MR) is 125 cm³/mol. The molecule has 31 heavy (non-hydrogen) atoms. The first-order valence-electron chi connectivity index (χ1n) is 10.8. The summed E-state index contributed by atoms with van der Waals surface area (Å²) in [5.74, 6) is 0.197. The quantitative estimate of drug-likeness (QED) is 0.710. The van der Waals surface area contributed by atoms with Crippen molar-refractivity contribution in [3.8, 4) is 0 Å². The lowest BCUT2D eigenvalue weighted by Gasteiger charge is -2.30. The van der Waals surface area contributed by atoms with Crippen LogP contribution in [0.4, 0.5) is 5.69 Å². The van der Waals surface area contributed by atoms with E-state index in [2.05, 4.69) is 19.2 Å². The average molecular weight is 444 g/mol. The largest absolute Gasteiger partial charge is 0.378 e. The van der Waals surface area contributed by atoms with Gasteiger partial charge in [0.25, 0.3) is 0 Å². The monoisotopic (exact) mass is 443 g/mol. The molecule has 0 atom stereocenters. The van der Waals surface area contributed by atoms with Gasteiger partial charge < -0.3 is 10.2 Å². The van der Waals surface area contributed by atoms with Crippen LogP contribution >= 0.6 is 0 Å². The summed E-state index contributed by atoms with van der Waals surface area (Å²) in [5.41, 5.74) is 3.27. The van der Waals surface area contributed by atoms with Gasteiger partial charge in [0.1, 0.15) is 0 Å². The molecule has 6 nitrogen and oxygen atoms in total. The van der Waals surface area contributed by atoms with Gasteiger partial charge in [0.05, 0.1) is 4.90 Å². The topological polar surface area (TPSA) is 69.7 Å². The van der Waals surface area contributed by atoms with Crippen LogP contribution in [0.25, 0.3) is 0 Å². The van der Waals surface area contributed by atoms with E-state index in [9.17, 15) is 13.2 Å². The second-order valence-electron chi connectivity index (χ2n) is 8.68. The molecule has 1 fully saturated rings. The summed E-state index contributed by atoms with van der Waals surface area (Å²) >= 11 is 0. The molecule has 0 spiro atoms. The molecule has 1 heterocycles. The predicted octanol–water partition coefficient (Wildman–Crippen LogP) is 3.59. The van der Waals surface area contributed by atoms with E-state index < -0.39 is 10.0 Å². The van der Waals surface area contributed by atoms with Gasteiger partial charge in [0.2, 0.25) is 15.9 Å². The van der Waals surface area contributed by atoms with E-state index in [1.54, 1.807) is 12.1 Å². The zero-order chi connectivity index (χ0) is 22.6. The van der Waals surface area contributed by atoms with Crippen molar-refractivity contribution in [1.29, 1.82) is 0 Å². The van der Waals surface area contributed by atoms with E-state index in [1.807, 2.05) is 55.4 Å². The van der Waals surface area contributed by atoms with Crippen molar-refractivity contribution < 1.29 is 13.2 Å². The van der Waals surface area contributed by atoms with Crippen molar-refractivity contribution in [3.05, 3.63) is 59.7 Å². The van der Waals surface area contributed by atoms with Crippen molar-refractivity contribution in [1.82, 2.24) is 9.62 Å². The third-order valence-electron chi connectivity index (χ3n) is 5.93. The Labute approximate surface area is 186 Å². The van der Waals surface area contributed by atoms with Crippen molar-refractivity contribution in [2.45, 2.75) is 44.0 Å². The van der Waals surface area contributed by atoms with Crippen LogP contribution < -0.4 is 10.2 Å². The van der Waals surface area contributed by atoms with Gasteiger partial charge in [-0.05, 0) is 54.2 Å². The molecule has 0 saturated carbocycles. The van der Waals surface area contributed by atoms with Crippen LogP contribution in [0, 0.1) is 5.92 Å². The number of rotatable bonds is 7. The first kappa shape index (κ1) is 23.3. The smallest absolute Gasteiger partial charge is 0.243 e. The zero-order valence-electron chi connectivity index (χ0n) is 18.8. The zero-order valence-corrected chi connectivity index (χ0v) is 19.7. The number of hydrogen-bond donors (Lipinski definition) is 1. The van der Waals surface area contributed by atoms with Crippen molar-refractivity contribution >= 4 is 21.6 Å². The second kappa shape index (κ2) is 9.83. The van der Waals surface area contributed by atoms with E-state index in [0.29, 0.717) is 43.3 Å². The first-order valence-corrected chi connectivity index (χ1v) is 12.3. The van der Waals surface area contributed by atoms with E-state index in [4.69, 9.17) is 0 Å². The lowest BCUT2D eigenvalue weighted by atomic mass is 9.97. The highest BCUT2D eigenvalue weighted by Crippen LogP contribution is 2.25. The minimum Gasteiger partial charge on any atom is -0.378 e. The third-order valence-corrected chi connectivity index (χ3v) is 7.84. The van der Waals surface area contributed by atoms with E-state index in [0.717, 1.165) is 16.8 Å². The SMILES string of the molecule is CC(C)c1ccc(S(=O)(=O)N2CCC(C(=O)NCc3ccc(N(C)C)cc3)CC2)cc1. The summed E-state index contributed by atoms with van der Waals surface area (Å²) in [7, 11) is 0.458. The molecule has 168 valence electrons. The number of anilines is 1. The molecule has 1 amide bonds. The average Bonchev–Trinajstić information content (AvgIpc) is 2.77. The number of amides is 1. The first-order chi connectivity index (χ1) is 14.7. The molecule has 1 aliphatic heterocycles. The van der Waals surface area contributed by atoms with Gasteiger partial charge in [-0.15, -0.1) is 0 Å². The number of sulfonamides is 1. The fourth-order valence-electron chi connectivity index (χ4n) is 3.78. The van der Waals surface area contributed by atoms with Crippen LogP contribution in [-0.4, -0.2) is 45.8 Å². The van der Waals surface area contributed by atoms with E-state index in [-0.39, 0.29) is 11.8 Å². The van der Waals surface area contributed by atoms with Gasteiger partial charge in [-0.1, -0.05) is 38.1 Å². The molecular formula is C24H33N3O3S. The highest BCUT2D eigenvalue weighted by molar-refractivity contribution is 7.89. The molecule has 3 rings (SSSR count). The maximum atomic E-state index is 13.0. The summed E-state index contributed by atoms with van der Waals surface area (Å²) in [4.78, 5) is 14.9. The fraction of sp³-hybridized carbons (Fsp3) is 0.458. The highest BCUT2D eigenvalue weighted by Gasteiger charge is 2.32. The standard InChI is InChI=1S/C24H33N3O3S/c1-18(2)20-7-11-23(12-8-20)31(29,30)27-15-13-21(14-16-27)24(28)25-17-19-5-9-22(10-6-19)26(3)4/h5-12,18,21H,13-17H2,1-4H3,(H,25,28). The molecule has 2 aromatic carbocycles. The van der Waals surface area contributed by atoms with Gasteiger partial charge in [-0.2, -0.15) is 4.31 Å². The number of piperidine rings is 1. The number of benzene rings is 2. The summed E-state index contributed by atoms with van der Waals surface area (Å²) in [6.07, 6.45) is 1.07. The Kier molecular flexibility index (Phi) is 7.38. The second-order valence-corrected chi connectivity index (χ2v) is 10.6. The summed E-state index contributed by atoms with van der Waals surface area (Å²) in [6, 6.07) is 15.2. The van der Waals surface area contributed by atoms with Crippen LogP contribution in [0.2, 0.25) is 0 Å². The molecule has 1 saturated heterocycles.